The van der Waals surface area contributed by atoms with Crippen LogP contribution in [0.2, 0.25) is 0 Å². The van der Waals surface area contributed by atoms with Crippen LogP contribution in [0.15, 0.2) is 61.2 Å². The Morgan fingerprint density at radius 2 is 0.667 bits per heavy atom. The summed E-state index contributed by atoms with van der Waals surface area (Å²) in [5.41, 5.74) is 8.38. The lowest BCUT2D eigenvalue weighted by molar-refractivity contribution is 0.312. The van der Waals surface area contributed by atoms with E-state index in [-0.39, 0.29) is 0 Å². The van der Waals surface area contributed by atoms with Crippen LogP contribution in [0.25, 0.3) is 0 Å². The lowest BCUT2D eigenvalue weighted by Crippen LogP contribution is -2.18. The van der Waals surface area contributed by atoms with Crippen molar-refractivity contribution in [2.75, 3.05) is 0 Å². The van der Waals surface area contributed by atoms with Gasteiger partial charge in [0.25, 0.3) is 0 Å². The molecular formula is C64H98N4O. The minimum absolute atomic E-state index is 0.477. The van der Waals surface area contributed by atoms with Gasteiger partial charge < -0.3 is 4.74 Å². The monoisotopic (exact) mass is 939 g/mol. The van der Waals surface area contributed by atoms with Crippen molar-refractivity contribution in [3.8, 4) is 11.5 Å². The Labute approximate surface area is 423 Å². The number of aromatic nitrogens is 4. The molecule has 69 heavy (non-hydrogen) atoms. The minimum Gasteiger partial charge on any atom is -0.457 e. The third kappa shape index (κ3) is 19.8. The number of unbranched alkanes of at least 4 members (excludes halogenated alkanes) is 18. The van der Waals surface area contributed by atoms with E-state index < -0.39 is 0 Å². The zero-order valence-electron chi connectivity index (χ0n) is 44.7. The highest BCUT2D eigenvalue weighted by atomic mass is 16.5. The van der Waals surface area contributed by atoms with Gasteiger partial charge >= 0.3 is 0 Å². The first-order valence-corrected chi connectivity index (χ1v) is 29.6. The molecule has 4 aromatic rings. The van der Waals surface area contributed by atoms with Gasteiger partial charge in [0.2, 0.25) is 0 Å². The molecule has 380 valence electrons. The number of hydrogen-bond donors (Lipinski definition) is 0. The zero-order valence-corrected chi connectivity index (χ0v) is 44.7. The van der Waals surface area contributed by atoms with Gasteiger partial charge in [-0.05, 0) is 173 Å². The molecule has 0 bridgehead atoms. The summed E-state index contributed by atoms with van der Waals surface area (Å²) in [6.45, 7) is 9.19. The fourth-order valence-electron chi connectivity index (χ4n) is 11.6. The van der Waals surface area contributed by atoms with Crippen LogP contribution in [0.5, 0.6) is 11.5 Å². The summed E-state index contributed by atoms with van der Waals surface area (Å²) in [6.07, 6.45) is 53.9. The van der Waals surface area contributed by atoms with Crippen LogP contribution in [-0.4, -0.2) is 19.9 Å². The second kappa shape index (κ2) is 32.4. The summed E-state index contributed by atoms with van der Waals surface area (Å²) >= 11 is 0. The van der Waals surface area contributed by atoms with Crippen molar-refractivity contribution in [2.45, 2.75) is 271 Å². The maximum absolute atomic E-state index is 7.23. The molecule has 0 atom stereocenters. The number of benzene rings is 2. The topological polar surface area (TPSA) is 60.8 Å². The Bertz CT molecular complexity index is 1800. The van der Waals surface area contributed by atoms with E-state index in [2.05, 4.69) is 88.9 Å². The lowest BCUT2D eigenvalue weighted by Gasteiger charge is -2.29. The summed E-state index contributed by atoms with van der Waals surface area (Å²) in [7, 11) is 0. The summed E-state index contributed by atoms with van der Waals surface area (Å²) < 4.78 is 7.23. The highest BCUT2D eigenvalue weighted by Gasteiger charge is 2.27. The highest BCUT2D eigenvalue weighted by molar-refractivity contribution is 5.45. The molecule has 0 aliphatic heterocycles. The molecule has 0 spiro atoms. The van der Waals surface area contributed by atoms with Crippen LogP contribution in [-0.2, 0) is 38.5 Å². The molecule has 2 heterocycles. The standard InChI is InChI=1S/C64H98N4O/c1-5-9-13-17-21-23-27-51-35-41-61(59(43-51)45-53-31-37-57(38-32-53)63-65-47-55(48-66-63)29-25-19-15-11-7-3)69-62-42-36-52(28-24-22-18-14-10-6-2)44-60(62)46-54-33-39-58(40-34-54)64-67-49-56(50-68-64)30-26-20-16-12-8-4/h35-36,41-44,47-50,53-54,57-58H,5-34,37-40,45-46H2,1-4H3. The second-order valence-corrected chi connectivity index (χ2v) is 22.1. The molecule has 2 fully saturated rings. The van der Waals surface area contributed by atoms with Gasteiger partial charge in [-0.15, -0.1) is 0 Å². The Balaban J connectivity index is 1.11. The van der Waals surface area contributed by atoms with E-state index in [9.17, 15) is 0 Å². The summed E-state index contributed by atoms with van der Waals surface area (Å²) in [5, 5.41) is 0. The smallest absolute Gasteiger partial charge is 0.131 e. The summed E-state index contributed by atoms with van der Waals surface area (Å²) in [6, 6.07) is 14.5. The van der Waals surface area contributed by atoms with E-state index in [0.717, 1.165) is 61.7 Å². The number of aryl methyl sites for hydroxylation is 4. The molecule has 0 saturated heterocycles. The third-order valence-corrected chi connectivity index (χ3v) is 16.1. The minimum atomic E-state index is 0.477. The first kappa shape index (κ1) is 54.7. The fourth-order valence-corrected chi connectivity index (χ4v) is 11.6. The first-order chi connectivity index (χ1) is 34.0. The predicted octanol–water partition coefficient (Wildman–Crippen LogP) is 18.9. The molecule has 5 nitrogen and oxygen atoms in total. The normalized spacial score (nSPS) is 18.4. The van der Waals surface area contributed by atoms with E-state index in [1.807, 2.05) is 0 Å². The highest BCUT2D eigenvalue weighted by Crippen LogP contribution is 2.41. The van der Waals surface area contributed by atoms with Crippen LogP contribution < -0.4 is 4.74 Å². The average molecular weight is 940 g/mol. The molecule has 6 rings (SSSR count). The van der Waals surface area contributed by atoms with Crippen molar-refractivity contribution in [2.24, 2.45) is 11.8 Å². The van der Waals surface area contributed by atoms with Crippen molar-refractivity contribution < 1.29 is 4.74 Å². The molecule has 0 amide bonds. The number of nitrogens with zero attached hydrogens (tertiary/aromatic N) is 4. The Hall–Kier alpha value is -3.60. The Morgan fingerprint density at radius 3 is 1.00 bits per heavy atom. The fraction of sp³-hybridized carbons (Fsp3) is 0.688. The molecular weight excluding hydrogens is 841 g/mol. The van der Waals surface area contributed by atoms with Gasteiger partial charge in [0.05, 0.1) is 0 Å². The van der Waals surface area contributed by atoms with Crippen molar-refractivity contribution in [3.63, 3.8) is 0 Å². The van der Waals surface area contributed by atoms with Gasteiger partial charge in [0, 0.05) is 36.6 Å². The first-order valence-electron chi connectivity index (χ1n) is 29.6. The van der Waals surface area contributed by atoms with Crippen molar-refractivity contribution in [3.05, 3.63) is 106 Å². The molecule has 2 aliphatic carbocycles. The molecule has 0 unspecified atom stereocenters. The number of hydrogen-bond acceptors (Lipinski definition) is 5. The molecule has 0 radical (unpaired) electrons. The van der Waals surface area contributed by atoms with Crippen molar-refractivity contribution >= 4 is 0 Å². The Kier molecular flexibility index (Phi) is 25.7. The maximum atomic E-state index is 7.23. The van der Waals surface area contributed by atoms with Gasteiger partial charge in [-0.3, -0.25) is 0 Å². The van der Waals surface area contributed by atoms with Crippen LogP contribution in [0.1, 0.15) is 277 Å². The molecule has 2 saturated carbocycles. The van der Waals surface area contributed by atoms with E-state index in [1.165, 1.54) is 226 Å². The average Bonchev–Trinajstić information content (AvgIpc) is 3.38. The van der Waals surface area contributed by atoms with Gasteiger partial charge in [0.1, 0.15) is 23.1 Å². The SMILES string of the molecule is CCCCCCCCc1ccc(Oc2ccc(CCCCCCCC)cc2CC2CCC(c3ncc(CCCCCCC)cn3)CC2)c(CC2CCC(c3ncc(CCCCCCC)cn3)CC2)c1. The maximum Gasteiger partial charge on any atom is 0.131 e. The molecule has 2 aliphatic rings. The summed E-state index contributed by atoms with van der Waals surface area (Å²) in [4.78, 5) is 19.7. The summed E-state index contributed by atoms with van der Waals surface area (Å²) in [5.74, 6) is 6.55. The van der Waals surface area contributed by atoms with Gasteiger partial charge in [0.15, 0.2) is 0 Å². The molecule has 0 N–H and O–H groups in total. The van der Waals surface area contributed by atoms with Gasteiger partial charge in [-0.2, -0.15) is 0 Å². The number of ether oxygens (including phenoxy) is 1. The van der Waals surface area contributed by atoms with Crippen LogP contribution in [0.4, 0.5) is 0 Å². The molecule has 2 aromatic heterocycles. The van der Waals surface area contributed by atoms with E-state index in [4.69, 9.17) is 24.7 Å². The predicted molar refractivity (Wildman–Crippen MR) is 293 cm³/mol. The second-order valence-electron chi connectivity index (χ2n) is 22.1. The Morgan fingerprint density at radius 1 is 0.362 bits per heavy atom. The van der Waals surface area contributed by atoms with Crippen LogP contribution in [0, 0.1) is 11.8 Å². The van der Waals surface area contributed by atoms with Gasteiger partial charge in [-0.25, -0.2) is 19.9 Å². The quantitative estimate of drug-likeness (QED) is 0.0437. The molecule has 5 heteroatoms. The third-order valence-electron chi connectivity index (χ3n) is 16.1. The van der Waals surface area contributed by atoms with Crippen molar-refractivity contribution in [1.82, 2.24) is 19.9 Å². The van der Waals surface area contributed by atoms with Crippen LogP contribution in [0.3, 0.4) is 0 Å². The van der Waals surface area contributed by atoms with E-state index in [1.54, 1.807) is 0 Å². The van der Waals surface area contributed by atoms with Crippen LogP contribution >= 0.6 is 0 Å². The number of rotatable bonds is 34. The van der Waals surface area contributed by atoms with E-state index >= 15 is 0 Å². The largest absolute Gasteiger partial charge is 0.457 e. The van der Waals surface area contributed by atoms with E-state index in [0.29, 0.717) is 23.7 Å². The zero-order chi connectivity index (χ0) is 48.1. The molecule has 2 aromatic carbocycles. The van der Waals surface area contributed by atoms with Gasteiger partial charge in [-0.1, -0.05) is 168 Å². The lowest BCUT2D eigenvalue weighted by atomic mass is 9.78. The van der Waals surface area contributed by atoms with Crippen molar-refractivity contribution in [1.29, 1.82) is 0 Å².